The Morgan fingerprint density at radius 3 is 2.63 bits per heavy atom. The first-order chi connectivity index (χ1) is 14.2. The van der Waals surface area contributed by atoms with Crippen LogP contribution in [0.4, 0.5) is 11.6 Å². The summed E-state index contributed by atoms with van der Waals surface area (Å²) in [5, 5.41) is 19.7. The maximum absolute atomic E-state index is 13.1. The van der Waals surface area contributed by atoms with E-state index in [0.717, 1.165) is 16.9 Å². The van der Waals surface area contributed by atoms with Gasteiger partial charge in [0.25, 0.3) is 5.91 Å². The van der Waals surface area contributed by atoms with Gasteiger partial charge in [-0.25, -0.2) is 14.6 Å². The fourth-order valence-electron chi connectivity index (χ4n) is 2.84. The Labute approximate surface area is 176 Å². The monoisotopic (exact) mass is 403 g/mol. The lowest BCUT2D eigenvalue weighted by atomic mass is 9.97. The molecule has 3 rings (SSSR count). The van der Waals surface area contributed by atoms with E-state index < -0.39 is 0 Å². The molecule has 0 atom stereocenters. The molecule has 8 nitrogen and oxygen atoms in total. The highest BCUT2D eigenvalue weighted by Crippen LogP contribution is 2.22. The third kappa shape index (κ3) is 4.81. The van der Waals surface area contributed by atoms with Gasteiger partial charge in [-0.2, -0.15) is 10.4 Å². The lowest BCUT2D eigenvalue weighted by Gasteiger charge is -2.20. The molecule has 0 aliphatic heterocycles. The van der Waals surface area contributed by atoms with Crippen LogP contribution in [-0.2, 0) is 0 Å². The molecule has 2 heterocycles. The van der Waals surface area contributed by atoms with Crippen molar-refractivity contribution in [1.82, 2.24) is 19.7 Å². The molecule has 30 heavy (non-hydrogen) atoms. The van der Waals surface area contributed by atoms with Gasteiger partial charge in [-0.3, -0.25) is 4.79 Å². The van der Waals surface area contributed by atoms with Gasteiger partial charge in [-0.05, 0) is 30.9 Å². The zero-order valence-corrected chi connectivity index (χ0v) is 17.8. The van der Waals surface area contributed by atoms with Crippen LogP contribution in [0.3, 0.4) is 0 Å². The number of nitriles is 1. The van der Waals surface area contributed by atoms with Crippen molar-refractivity contribution in [1.29, 1.82) is 5.26 Å². The molecule has 2 aromatic heterocycles. The fourth-order valence-corrected chi connectivity index (χ4v) is 2.84. The van der Waals surface area contributed by atoms with Crippen LogP contribution in [-0.4, -0.2) is 32.2 Å². The molecule has 8 heteroatoms. The van der Waals surface area contributed by atoms with Gasteiger partial charge in [0.15, 0.2) is 0 Å². The Hall–Kier alpha value is -3.73. The number of para-hydroxylation sites is 1. The highest BCUT2D eigenvalue weighted by Gasteiger charge is 2.20. The first kappa shape index (κ1) is 21.0. The number of carbonyl (C=O) groups excluding carboxylic acids is 1. The van der Waals surface area contributed by atoms with E-state index in [0.29, 0.717) is 18.2 Å². The number of amides is 1. The van der Waals surface area contributed by atoms with Crippen molar-refractivity contribution in [3.05, 3.63) is 59.2 Å². The summed E-state index contributed by atoms with van der Waals surface area (Å²) < 4.78 is 1.70. The first-order valence-electron chi connectivity index (χ1n) is 9.63. The van der Waals surface area contributed by atoms with Gasteiger partial charge in [0, 0.05) is 18.8 Å². The van der Waals surface area contributed by atoms with Crippen LogP contribution in [0, 0.1) is 30.6 Å². The van der Waals surface area contributed by atoms with Crippen LogP contribution in [0.25, 0.3) is 5.69 Å². The summed E-state index contributed by atoms with van der Waals surface area (Å²) in [6.45, 7) is 10.6. The molecule has 0 aliphatic carbocycles. The van der Waals surface area contributed by atoms with Crippen molar-refractivity contribution in [2.24, 2.45) is 5.41 Å². The molecule has 0 bridgehead atoms. The van der Waals surface area contributed by atoms with Crippen LogP contribution in [0.1, 0.15) is 48.2 Å². The van der Waals surface area contributed by atoms with E-state index >= 15 is 0 Å². The van der Waals surface area contributed by atoms with Crippen molar-refractivity contribution in [3.8, 4) is 11.8 Å². The number of aryl methyl sites for hydroxylation is 2. The average Bonchev–Trinajstić information content (AvgIpc) is 3.05. The molecular formula is C22H25N7O. The maximum Gasteiger partial charge on any atom is 0.262 e. The second-order valence-corrected chi connectivity index (χ2v) is 8.31. The normalized spacial score (nSPS) is 11.1. The highest BCUT2D eigenvalue weighted by molar-refractivity contribution is 6.07. The van der Waals surface area contributed by atoms with E-state index in [1.807, 2.05) is 44.2 Å². The lowest BCUT2D eigenvalue weighted by Crippen LogP contribution is -2.23. The minimum absolute atomic E-state index is 0.00348. The van der Waals surface area contributed by atoms with Gasteiger partial charge in [-0.1, -0.05) is 39.0 Å². The van der Waals surface area contributed by atoms with E-state index in [4.69, 9.17) is 5.26 Å². The quantitative estimate of drug-likeness (QED) is 0.670. The van der Waals surface area contributed by atoms with E-state index in [-0.39, 0.29) is 22.7 Å². The fraction of sp³-hybridized carbons (Fsp3) is 0.318. The lowest BCUT2D eigenvalue weighted by molar-refractivity contribution is 0.102. The third-order valence-corrected chi connectivity index (χ3v) is 4.34. The zero-order valence-electron chi connectivity index (χ0n) is 17.8. The summed E-state index contributed by atoms with van der Waals surface area (Å²) in [4.78, 5) is 21.2. The number of hydrogen-bond donors (Lipinski definition) is 2. The van der Waals surface area contributed by atoms with E-state index in [1.54, 1.807) is 10.7 Å². The Kier molecular flexibility index (Phi) is 5.83. The minimum atomic E-state index is -0.384. The van der Waals surface area contributed by atoms with Crippen molar-refractivity contribution < 1.29 is 4.79 Å². The number of nitrogens with one attached hydrogen (secondary N) is 2. The predicted molar refractivity (Wildman–Crippen MR) is 116 cm³/mol. The van der Waals surface area contributed by atoms with Gasteiger partial charge >= 0.3 is 0 Å². The third-order valence-electron chi connectivity index (χ3n) is 4.34. The average molecular weight is 403 g/mol. The summed E-state index contributed by atoms with van der Waals surface area (Å²) in [5.74, 6) is 0.486. The van der Waals surface area contributed by atoms with Gasteiger partial charge in [0.1, 0.15) is 23.3 Å². The first-order valence-corrected chi connectivity index (χ1v) is 9.63. The number of benzene rings is 1. The summed E-state index contributed by atoms with van der Waals surface area (Å²) >= 11 is 0. The van der Waals surface area contributed by atoms with Crippen LogP contribution < -0.4 is 10.6 Å². The van der Waals surface area contributed by atoms with E-state index in [9.17, 15) is 4.79 Å². The minimum Gasteiger partial charge on any atom is -0.369 e. The van der Waals surface area contributed by atoms with Gasteiger partial charge < -0.3 is 10.6 Å². The maximum atomic E-state index is 13.1. The number of rotatable bonds is 5. The Morgan fingerprint density at radius 2 is 1.97 bits per heavy atom. The molecule has 1 aromatic carbocycles. The Balaban J connectivity index is 1.94. The molecular weight excluding hydrogens is 378 g/mol. The molecule has 1 amide bonds. The SMILES string of the molecule is Cc1cc(NC(=O)c2cnc(C#N)nc2NCC(C)(C)C)n(-c2ccccc2C)n1. The van der Waals surface area contributed by atoms with Gasteiger partial charge in [0.2, 0.25) is 5.82 Å². The van der Waals surface area contributed by atoms with Crippen molar-refractivity contribution >= 4 is 17.5 Å². The number of carbonyl (C=O) groups is 1. The molecule has 0 aliphatic rings. The van der Waals surface area contributed by atoms with Crippen LogP contribution in [0.2, 0.25) is 0 Å². The zero-order chi connectivity index (χ0) is 21.9. The standard InChI is InChI=1S/C22H25N7O/c1-14-8-6-7-9-17(14)29-19(10-15(2)28-29)27-21(30)16-12-24-18(11-23)26-20(16)25-13-22(3,4)5/h6-10,12H,13H2,1-5H3,(H,27,30)(H,24,25,26). The number of anilines is 2. The van der Waals surface area contributed by atoms with E-state index in [1.165, 1.54) is 6.20 Å². The molecule has 0 radical (unpaired) electrons. The molecule has 0 spiro atoms. The van der Waals surface area contributed by atoms with Gasteiger partial charge in [-0.15, -0.1) is 0 Å². The summed E-state index contributed by atoms with van der Waals surface area (Å²) in [5.41, 5.74) is 2.91. The van der Waals surface area contributed by atoms with Crippen LogP contribution in [0.5, 0.6) is 0 Å². The van der Waals surface area contributed by atoms with Crippen LogP contribution in [0.15, 0.2) is 36.5 Å². The molecule has 0 unspecified atom stereocenters. The second kappa shape index (κ2) is 8.33. The topological polar surface area (TPSA) is 109 Å². The molecule has 0 saturated heterocycles. The predicted octanol–water partition coefficient (Wildman–Crippen LogP) is 3.86. The smallest absolute Gasteiger partial charge is 0.262 e. The van der Waals surface area contributed by atoms with Gasteiger partial charge in [0.05, 0.1) is 11.4 Å². The van der Waals surface area contributed by atoms with E-state index in [2.05, 4.69) is 46.5 Å². The Bertz CT molecular complexity index is 1120. The summed E-state index contributed by atoms with van der Waals surface area (Å²) in [7, 11) is 0. The van der Waals surface area contributed by atoms with Crippen molar-refractivity contribution in [2.45, 2.75) is 34.6 Å². The van der Waals surface area contributed by atoms with Crippen molar-refractivity contribution in [2.75, 3.05) is 17.2 Å². The van der Waals surface area contributed by atoms with Crippen LogP contribution >= 0.6 is 0 Å². The number of hydrogen-bond acceptors (Lipinski definition) is 6. The largest absolute Gasteiger partial charge is 0.369 e. The van der Waals surface area contributed by atoms with Crippen molar-refractivity contribution in [3.63, 3.8) is 0 Å². The number of nitrogens with zero attached hydrogens (tertiary/aromatic N) is 5. The highest BCUT2D eigenvalue weighted by atomic mass is 16.1. The molecule has 0 saturated carbocycles. The molecule has 154 valence electrons. The molecule has 3 aromatic rings. The molecule has 0 fully saturated rings. The summed E-state index contributed by atoms with van der Waals surface area (Å²) in [6.07, 6.45) is 1.37. The Morgan fingerprint density at radius 1 is 1.23 bits per heavy atom. The number of aromatic nitrogens is 4. The molecule has 2 N–H and O–H groups in total. The summed E-state index contributed by atoms with van der Waals surface area (Å²) in [6, 6.07) is 11.5. The second-order valence-electron chi connectivity index (χ2n) is 8.31.